The Labute approximate surface area is 180 Å². The van der Waals surface area contributed by atoms with E-state index in [2.05, 4.69) is 10.6 Å². The molecule has 9 heteroatoms. The van der Waals surface area contributed by atoms with Gasteiger partial charge in [-0.25, -0.2) is 4.79 Å². The molecule has 3 rings (SSSR count). The SMILES string of the molecule is CN1CC(=O)N(CCCC(=O)Nc2cccc(OCC(=O)Nc3ccccc3)c2)C1=O. The number of carbonyl (C=O) groups excluding carboxylic acids is 4. The third kappa shape index (κ3) is 6.30. The molecule has 1 aliphatic rings. The number of likely N-dealkylation sites (N-methyl/N-ethyl adjacent to an activating group) is 1. The van der Waals surface area contributed by atoms with E-state index in [1.165, 1.54) is 4.90 Å². The maximum atomic E-state index is 12.2. The average molecular weight is 424 g/mol. The number of nitrogens with zero attached hydrogens (tertiary/aromatic N) is 2. The number of benzene rings is 2. The van der Waals surface area contributed by atoms with E-state index in [1.807, 2.05) is 18.2 Å². The summed E-state index contributed by atoms with van der Waals surface area (Å²) in [7, 11) is 1.56. The van der Waals surface area contributed by atoms with E-state index in [-0.39, 0.29) is 49.9 Å². The van der Waals surface area contributed by atoms with Gasteiger partial charge in [0.25, 0.3) is 5.91 Å². The van der Waals surface area contributed by atoms with Crippen molar-refractivity contribution < 1.29 is 23.9 Å². The van der Waals surface area contributed by atoms with Gasteiger partial charge in [0.15, 0.2) is 6.61 Å². The highest BCUT2D eigenvalue weighted by Crippen LogP contribution is 2.18. The number of amides is 5. The lowest BCUT2D eigenvalue weighted by atomic mass is 10.2. The van der Waals surface area contributed by atoms with Gasteiger partial charge in [0.2, 0.25) is 11.8 Å². The molecule has 2 aromatic rings. The number of carbonyl (C=O) groups is 4. The second-order valence-corrected chi connectivity index (χ2v) is 7.07. The molecule has 31 heavy (non-hydrogen) atoms. The van der Waals surface area contributed by atoms with Crippen molar-refractivity contribution in [3.8, 4) is 5.75 Å². The Morgan fingerprint density at radius 1 is 0.968 bits per heavy atom. The maximum Gasteiger partial charge on any atom is 0.326 e. The number of ether oxygens (including phenoxy) is 1. The molecule has 0 unspecified atom stereocenters. The highest BCUT2D eigenvalue weighted by Gasteiger charge is 2.32. The van der Waals surface area contributed by atoms with Crippen molar-refractivity contribution in [2.24, 2.45) is 0 Å². The lowest BCUT2D eigenvalue weighted by Crippen LogP contribution is -2.32. The quantitative estimate of drug-likeness (QED) is 0.601. The van der Waals surface area contributed by atoms with Crippen LogP contribution in [-0.4, -0.2) is 60.3 Å². The number of para-hydroxylation sites is 1. The first-order chi connectivity index (χ1) is 14.9. The third-order valence-electron chi connectivity index (χ3n) is 4.56. The summed E-state index contributed by atoms with van der Waals surface area (Å²) in [5, 5.41) is 5.47. The van der Waals surface area contributed by atoms with Gasteiger partial charge in [0.05, 0.1) is 0 Å². The second kappa shape index (κ2) is 10.2. The molecule has 0 bridgehead atoms. The van der Waals surface area contributed by atoms with Crippen LogP contribution in [0.5, 0.6) is 5.75 Å². The Kier molecular flexibility index (Phi) is 7.21. The summed E-state index contributed by atoms with van der Waals surface area (Å²) in [6, 6.07) is 15.4. The summed E-state index contributed by atoms with van der Waals surface area (Å²) in [6.45, 7) is 0.106. The van der Waals surface area contributed by atoms with E-state index in [9.17, 15) is 19.2 Å². The van der Waals surface area contributed by atoms with Crippen LogP contribution < -0.4 is 15.4 Å². The minimum absolute atomic E-state index is 0.0706. The molecular formula is C22H24N4O5. The Morgan fingerprint density at radius 2 is 1.68 bits per heavy atom. The molecule has 1 fully saturated rings. The van der Waals surface area contributed by atoms with E-state index in [1.54, 1.807) is 43.4 Å². The zero-order chi connectivity index (χ0) is 22.2. The Balaban J connectivity index is 1.42. The van der Waals surface area contributed by atoms with Crippen molar-refractivity contribution in [1.82, 2.24) is 9.80 Å². The number of nitrogens with one attached hydrogen (secondary N) is 2. The van der Waals surface area contributed by atoms with Gasteiger partial charge in [-0.05, 0) is 30.7 Å². The largest absolute Gasteiger partial charge is 0.484 e. The minimum atomic E-state index is -0.341. The topological polar surface area (TPSA) is 108 Å². The summed E-state index contributed by atoms with van der Waals surface area (Å²) >= 11 is 0. The van der Waals surface area contributed by atoms with Gasteiger partial charge in [-0.3, -0.25) is 19.3 Å². The molecule has 2 aromatic carbocycles. The van der Waals surface area contributed by atoms with Crippen LogP contribution in [-0.2, 0) is 14.4 Å². The van der Waals surface area contributed by atoms with Crippen molar-refractivity contribution in [2.75, 3.05) is 37.4 Å². The van der Waals surface area contributed by atoms with E-state index in [0.29, 0.717) is 23.5 Å². The molecule has 5 amide bonds. The predicted octanol–water partition coefficient (Wildman–Crippen LogP) is 2.32. The van der Waals surface area contributed by atoms with Crippen LogP contribution in [0, 0.1) is 0 Å². The standard InChI is InChI=1S/C22H24N4O5/c1-25-14-21(29)26(22(25)30)12-6-11-19(27)24-17-9-5-10-18(13-17)31-15-20(28)23-16-7-3-2-4-8-16/h2-5,7-10,13H,6,11-12,14-15H2,1H3,(H,23,28)(H,24,27). The molecule has 0 aliphatic carbocycles. The van der Waals surface area contributed by atoms with E-state index in [4.69, 9.17) is 4.74 Å². The maximum absolute atomic E-state index is 12.2. The van der Waals surface area contributed by atoms with Crippen LogP contribution >= 0.6 is 0 Å². The minimum Gasteiger partial charge on any atom is -0.484 e. The van der Waals surface area contributed by atoms with Crippen LogP contribution in [0.3, 0.4) is 0 Å². The molecule has 1 saturated heterocycles. The normalized spacial score (nSPS) is 13.3. The fraction of sp³-hybridized carbons (Fsp3) is 0.273. The third-order valence-corrected chi connectivity index (χ3v) is 4.56. The summed E-state index contributed by atoms with van der Waals surface area (Å²) < 4.78 is 5.49. The molecule has 162 valence electrons. The van der Waals surface area contributed by atoms with E-state index < -0.39 is 0 Å². The van der Waals surface area contributed by atoms with E-state index in [0.717, 1.165) is 4.90 Å². The lowest BCUT2D eigenvalue weighted by molar-refractivity contribution is -0.125. The van der Waals surface area contributed by atoms with Crippen LogP contribution in [0.25, 0.3) is 0 Å². The first kappa shape index (κ1) is 21.8. The zero-order valence-electron chi connectivity index (χ0n) is 17.2. The monoisotopic (exact) mass is 424 g/mol. The number of hydrogen-bond acceptors (Lipinski definition) is 5. The molecular weight excluding hydrogens is 400 g/mol. The van der Waals surface area contributed by atoms with E-state index >= 15 is 0 Å². The Morgan fingerprint density at radius 3 is 2.39 bits per heavy atom. The lowest BCUT2D eigenvalue weighted by Gasteiger charge is -2.14. The van der Waals surface area contributed by atoms with Crippen LogP contribution in [0.2, 0.25) is 0 Å². The molecule has 0 saturated carbocycles. The Hall–Kier alpha value is -3.88. The molecule has 9 nitrogen and oxygen atoms in total. The highest BCUT2D eigenvalue weighted by molar-refractivity contribution is 6.01. The number of hydrogen-bond donors (Lipinski definition) is 2. The number of urea groups is 1. The van der Waals surface area contributed by atoms with Crippen molar-refractivity contribution in [1.29, 1.82) is 0 Å². The summed E-state index contributed by atoms with van der Waals surface area (Å²) in [5.74, 6) is -0.352. The van der Waals surface area contributed by atoms with Crippen molar-refractivity contribution >= 4 is 35.1 Å². The summed E-state index contributed by atoms with van der Waals surface area (Å²) in [6.07, 6.45) is 0.526. The van der Waals surface area contributed by atoms with Gasteiger partial charge < -0.3 is 20.3 Å². The van der Waals surface area contributed by atoms with Crippen LogP contribution in [0.1, 0.15) is 12.8 Å². The fourth-order valence-electron chi connectivity index (χ4n) is 3.04. The summed E-state index contributed by atoms with van der Waals surface area (Å²) in [5.41, 5.74) is 1.21. The highest BCUT2D eigenvalue weighted by atomic mass is 16.5. The fourth-order valence-corrected chi connectivity index (χ4v) is 3.04. The van der Waals surface area contributed by atoms with Crippen molar-refractivity contribution in [2.45, 2.75) is 12.8 Å². The van der Waals surface area contributed by atoms with Gasteiger partial charge in [-0.1, -0.05) is 24.3 Å². The summed E-state index contributed by atoms with van der Waals surface area (Å²) in [4.78, 5) is 50.2. The average Bonchev–Trinajstić information content (AvgIpc) is 2.99. The predicted molar refractivity (Wildman–Crippen MR) is 115 cm³/mol. The van der Waals surface area contributed by atoms with Gasteiger partial charge in [0.1, 0.15) is 12.3 Å². The molecule has 0 atom stereocenters. The molecule has 0 aromatic heterocycles. The zero-order valence-corrected chi connectivity index (χ0v) is 17.2. The number of imide groups is 1. The first-order valence-corrected chi connectivity index (χ1v) is 9.85. The van der Waals surface area contributed by atoms with Crippen LogP contribution in [0.4, 0.5) is 16.2 Å². The Bertz CT molecular complexity index is 963. The van der Waals surface area contributed by atoms with Crippen molar-refractivity contribution in [3.63, 3.8) is 0 Å². The molecule has 2 N–H and O–H groups in total. The molecule has 1 heterocycles. The smallest absolute Gasteiger partial charge is 0.326 e. The number of rotatable bonds is 9. The van der Waals surface area contributed by atoms with Gasteiger partial charge in [-0.15, -0.1) is 0 Å². The first-order valence-electron chi connectivity index (χ1n) is 9.85. The second-order valence-electron chi connectivity index (χ2n) is 7.07. The van der Waals surface area contributed by atoms with Gasteiger partial charge >= 0.3 is 6.03 Å². The van der Waals surface area contributed by atoms with Crippen molar-refractivity contribution in [3.05, 3.63) is 54.6 Å². The molecule has 0 spiro atoms. The van der Waals surface area contributed by atoms with Crippen LogP contribution in [0.15, 0.2) is 54.6 Å². The molecule has 0 radical (unpaired) electrons. The van der Waals surface area contributed by atoms with Gasteiger partial charge in [0, 0.05) is 37.5 Å². The van der Waals surface area contributed by atoms with Gasteiger partial charge in [-0.2, -0.15) is 0 Å². The number of anilines is 2. The molecule has 1 aliphatic heterocycles.